The molecule has 0 saturated carbocycles. The van der Waals surface area contributed by atoms with Crippen LogP contribution in [0.5, 0.6) is 0 Å². The highest BCUT2D eigenvalue weighted by atomic mass is 19.1. The van der Waals surface area contributed by atoms with Crippen molar-refractivity contribution in [1.82, 2.24) is 29.5 Å². The maximum Gasteiger partial charge on any atom is 0.345 e. The number of anilines is 4. The van der Waals surface area contributed by atoms with E-state index in [-0.39, 0.29) is 65.6 Å². The summed E-state index contributed by atoms with van der Waals surface area (Å²) in [7, 11) is 0. The number of hydrogen-bond donors (Lipinski definition) is 2. The Bertz CT molecular complexity index is 2590. The molecule has 316 valence electrons. The molecule has 0 aliphatic heterocycles. The van der Waals surface area contributed by atoms with Crippen molar-refractivity contribution in [1.29, 1.82) is 0 Å². The van der Waals surface area contributed by atoms with Crippen molar-refractivity contribution in [3.63, 3.8) is 0 Å². The molecule has 0 fully saturated rings. The van der Waals surface area contributed by atoms with Crippen molar-refractivity contribution in [2.24, 2.45) is 0 Å². The Labute approximate surface area is 348 Å². The first-order valence-electron chi connectivity index (χ1n) is 19.1. The molecule has 0 radical (unpaired) electrons. The van der Waals surface area contributed by atoms with Gasteiger partial charge in [-0.25, -0.2) is 27.7 Å². The third kappa shape index (κ3) is 11.3. The van der Waals surface area contributed by atoms with Crippen LogP contribution in [0.2, 0.25) is 0 Å². The summed E-state index contributed by atoms with van der Waals surface area (Å²) in [5, 5.41) is 14.5. The summed E-state index contributed by atoms with van der Waals surface area (Å²) in [6, 6.07) is 17.7. The van der Waals surface area contributed by atoms with E-state index in [1.54, 1.807) is 63.5 Å². The molecule has 0 saturated heterocycles. The van der Waals surface area contributed by atoms with Crippen LogP contribution in [0, 0.1) is 11.6 Å². The number of carbonyl (C=O) groups is 3. The van der Waals surface area contributed by atoms with Gasteiger partial charge in [-0.1, -0.05) is 19.1 Å². The summed E-state index contributed by atoms with van der Waals surface area (Å²) in [6.07, 6.45) is 6.91. The van der Waals surface area contributed by atoms with Crippen LogP contribution in [-0.4, -0.2) is 60.8 Å². The monoisotopic (exact) mass is 836 g/mol. The molecular formula is C43H42F2N8O8. The lowest BCUT2D eigenvalue weighted by Crippen LogP contribution is -2.29. The smallest absolute Gasteiger partial charge is 0.345 e. The van der Waals surface area contributed by atoms with Gasteiger partial charge in [-0.2, -0.15) is 10.2 Å². The number of halogens is 2. The van der Waals surface area contributed by atoms with Crippen LogP contribution in [0.3, 0.4) is 0 Å². The van der Waals surface area contributed by atoms with Crippen molar-refractivity contribution < 1.29 is 37.4 Å². The third-order valence-electron chi connectivity index (χ3n) is 8.54. The number of hydrogen-bond acceptors (Lipinski definition) is 14. The van der Waals surface area contributed by atoms with Crippen molar-refractivity contribution in [2.45, 2.75) is 53.6 Å². The van der Waals surface area contributed by atoms with E-state index < -0.39 is 47.5 Å². The van der Waals surface area contributed by atoms with Crippen molar-refractivity contribution in [3.05, 3.63) is 141 Å². The van der Waals surface area contributed by atoms with E-state index in [0.29, 0.717) is 23.4 Å². The van der Waals surface area contributed by atoms with Crippen molar-refractivity contribution in [2.75, 3.05) is 24.0 Å². The van der Waals surface area contributed by atoms with Crippen LogP contribution in [-0.2, 0) is 32.1 Å². The van der Waals surface area contributed by atoms with Crippen LogP contribution < -0.4 is 21.8 Å². The van der Waals surface area contributed by atoms with E-state index in [0.717, 1.165) is 4.68 Å². The Balaban J connectivity index is 0.000000234. The lowest BCUT2D eigenvalue weighted by atomic mass is 10.0. The number of rotatable bonds is 15. The summed E-state index contributed by atoms with van der Waals surface area (Å²) in [5.41, 5.74) is 0.614. The largest absolute Gasteiger partial charge is 0.462 e. The van der Waals surface area contributed by atoms with Crippen molar-refractivity contribution >= 4 is 40.7 Å². The lowest BCUT2D eigenvalue weighted by Gasteiger charge is -2.17. The molecule has 4 aromatic heterocycles. The van der Waals surface area contributed by atoms with E-state index in [2.05, 4.69) is 30.8 Å². The number of ether oxygens (including phenoxy) is 3. The Morgan fingerprint density at radius 1 is 0.639 bits per heavy atom. The van der Waals surface area contributed by atoms with Gasteiger partial charge in [0.1, 0.15) is 45.5 Å². The maximum absolute atomic E-state index is 14.0. The molecule has 6 aromatic rings. The summed E-state index contributed by atoms with van der Waals surface area (Å²) in [4.78, 5) is 71.4. The molecule has 16 nitrogen and oxygen atoms in total. The predicted molar refractivity (Wildman–Crippen MR) is 221 cm³/mol. The molecule has 0 aliphatic rings. The summed E-state index contributed by atoms with van der Waals surface area (Å²) < 4.78 is 44.9. The molecule has 6 rings (SSSR count). The van der Waals surface area contributed by atoms with Gasteiger partial charge < -0.3 is 24.8 Å². The Morgan fingerprint density at radius 3 is 1.66 bits per heavy atom. The number of nitrogens with zero attached hydrogens (tertiary/aromatic N) is 6. The van der Waals surface area contributed by atoms with Gasteiger partial charge in [-0.3, -0.25) is 24.4 Å². The van der Waals surface area contributed by atoms with Crippen LogP contribution >= 0.6 is 0 Å². The molecule has 0 bridgehead atoms. The molecule has 0 amide bonds. The van der Waals surface area contributed by atoms with E-state index >= 15 is 0 Å². The summed E-state index contributed by atoms with van der Waals surface area (Å²) in [5.74, 6) is -3.14. The molecule has 0 atom stereocenters. The molecule has 0 unspecified atom stereocenters. The van der Waals surface area contributed by atoms with Crippen LogP contribution in [0.15, 0.2) is 107 Å². The van der Waals surface area contributed by atoms with Crippen molar-refractivity contribution in [3.8, 4) is 22.5 Å². The number of aryl methyl sites for hydroxylation is 2. The topological polar surface area (TPSA) is 199 Å². The predicted octanol–water partition coefficient (Wildman–Crippen LogP) is 7.05. The van der Waals surface area contributed by atoms with Gasteiger partial charge in [0.15, 0.2) is 0 Å². The third-order valence-corrected chi connectivity index (χ3v) is 8.54. The lowest BCUT2D eigenvalue weighted by molar-refractivity contribution is -0.152. The fourth-order valence-corrected chi connectivity index (χ4v) is 5.71. The Hall–Kier alpha value is -7.63. The van der Waals surface area contributed by atoms with E-state index in [1.165, 1.54) is 59.5 Å². The number of carbonyl (C=O) groups excluding carboxylic acids is 3. The van der Waals surface area contributed by atoms with Gasteiger partial charge in [0, 0.05) is 43.0 Å². The van der Waals surface area contributed by atoms with Gasteiger partial charge in [-0.05, 0) is 87.9 Å². The zero-order chi connectivity index (χ0) is 43.9. The highest BCUT2D eigenvalue weighted by Gasteiger charge is 2.27. The van der Waals surface area contributed by atoms with Gasteiger partial charge in [-0.15, -0.1) is 0 Å². The van der Waals surface area contributed by atoms with Gasteiger partial charge in [0.2, 0.25) is 6.79 Å². The SMILES string of the molecule is CCCC(=O)OCOC(=O)c1c(-c2cccc(F)c2)nn(CC)c(=O)c1Nc1cccnc1.CCOC(=O)c1c(-c2ccc(F)cc2)nn(CC)c(=O)c1Nc1cccnc1. The Kier molecular flexibility index (Phi) is 15.6. The normalized spacial score (nSPS) is 10.5. The van der Waals surface area contributed by atoms with Crippen LogP contribution in [0.25, 0.3) is 22.5 Å². The average Bonchev–Trinajstić information content (AvgIpc) is 3.26. The second-order valence-electron chi connectivity index (χ2n) is 12.7. The maximum atomic E-state index is 14.0. The first kappa shape index (κ1) is 44.5. The zero-order valence-electron chi connectivity index (χ0n) is 33.7. The molecule has 0 aliphatic carbocycles. The second-order valence-corrected chi connectivity index (χ2v) is 12.7. The fourth-order valence-electron chi connectivity index (χ4n) is 5.71. The zero-order valence-corrected chi connectivity index (χ0v) is 33.7. The van der Waals surface area contributed by atoms with E-state index in [1.807, 2.05) is 6.92 Å². The number of benzene rings is 2. The minimum absolute atomic E-state index is 0.00740. The number of esters is 3. The van der Waals surface area contributed by atoms with Gasteiger partial charge >= 0.3 is 17.9 Å². The highest BCUT2D eigenvalue weighted by molar-refractivity contribution is 6.03. The van der Waals surface area contributed by atoms with Crippen LogP contribution in [0.1, 0.15) is 61.3 Å². The fraction of sp³-hybridized carbons (Fsp3) is 0.233. The second kappa shape index (κ2) is 21.4. The standard InChI is InChI=1S/C23H23FN4O5.C20H19FN4O3/c1-3-7-18(29)32-14-33-23(31)19-20(15-8-5-9-16(24)12-15)27-28(4-2)22(30)21(19)26-17-10-6-11-25-13-17;1-3-25-19(26)18(23-15-6-5-11-22-12-15)16(20(27)28-4-2)17(24-25)13-7-9-14(21)10-8-13/h5-6,8-13,26H,3-4,7,14H2,1-2H3;5-12,23H,3-4H2,1-2H3. The quantitative estimate of drug-likeness (QED) is 0.0788. The molecule has 0 spiro atoms. The first-order valence-corrected chi connectivity index (χ1v) is 19.1. The average molecular weight is 837 g/mol. The molecule has 4 heterocycles. The number of nitrogens with one attached hydrogen (secondary N) is 2. The van der Waals surface area contributed by atoms with Gasteiger partial charge in [0.05, 0.1) is 30.4 Å². The van der Waals surface area contributed by atoms with E-state index in [4.69, 9.17) is 14.2 Å². The molecule has 2 N–H and O–H groups in total. The van der Waals surface area contributed by atoms with E-state index in [9.17, 15) is 32.8 Å². The number of pyridine rings is 2. The summed E-state index contributed by atoms with van der Waals surface area (Å²) >= 11 is 0. The molecule has 18 heteroatoms. The molecular weight excluding hydrogens is 795 g/mol. The van der Waals surface area contributed by atoms with Gasteiger partial charge in [0.25, 0.3) is 11.1 Å². The number of aromatic nitrogens is 6. The first-order chi connectivity index (χ1) is 29.5. The Morgan fingerprint density at radius 2 is 1.18 bits per heavy atom. The summed E-state index contributed by atoms with van der Waals surface area (Å²) in [6.45, 7) is 6.94. The molecule has 61 heavy (non-hydrogen) atoms. The molecule has 2 aromatic carbocycles. The highest BCUT2D eigenvalue weighted by Crippen LogP contribution is 2.30. The van der Waals surface area contributed by atoms with Crippen LogP contribution in [0.4, 0.5) is 31.5 Å². The minimum atomic E-state index is -0.960. The minimum Gasteiger partial charge on any atom is -0.462 e.